The molecule has 0 unspecified atom stereocenters. The van der Waals surface area contributed by atoms with Gasteiger partial charge in [-0.25, -0.2) is 0 Å². The van der Waals surface area contributed by atoms with Crippen LogP contribution in [0.2, 0.25) is 0 Å². The molecular weight excluding hydrogens is 226 g/mol. The lowest BCUT2D eigenvalue weighted by molar-refractivity contribution is 0.0885. The van der Waals surface area contributed by atoms with Crippen LogP contribution in [0, 0.1) is 0 Å². The molecule has 1 aromatic heterocycles. The van der Waals surface area contributed by atoms with E-state index >= 15 is 0 Å². The molecule has 3 N–H and O–H groups in total. The second kappa shape index (κ2) is 6.59. The predicted molar refractivity (Wildman–Crippen MR) is 74.6 cm³/mol. The van der Waals surface area contributed by atoms with Crippen molar-refractivity contribution in [3.63, 3.8) is 0 Å². The molecule has 1 rings (SSSR count). The van der Waals surface area contributed by atoms with E-state index in [-0.39, 0.29) is 11.4 Å². The number of nitrogens with two attached hydrogens (primary N) is 1. The zero-order valence-electron chi connectivity index (χ0n) is 11.7. The zero-order chi connectivity index (χ0) is 13.6. The quantitative estimate of drug-likeness (QED) is 0.780. The molecule has 4 heteroatoms. The van der Waals surface area contributed by atoms with E-state index in [0.29, 0.717) is 6.54 Å². The molecular formula is C14H25N3O. The molecule has 0 bridgehead atoms. The smallest absolute Gasteiger partial charge is 0.268 e. The Kier molecular flexibility index (Phi) is 5.41. The number of carbonyl (C=O) groups excluding carboxylic acids is 1. The Morgan fingerprint density at radius 1 is 1.39 bits per heavy atom. The molecule has 102 valence electrons. The molecule has 4 nitrogen and oxygen atoms in total. The molecule has 1 amide bonds. The van der Waals surface area contributed by atoms with Crippen LogP contribution in [0.1, 0.15) is 50.5 Å². The van der Waals surface area contributed by atoms with E-state index in [1.165, 1.54) is 0 Å². The van der Waals surface area contributed by atoms with Crippen LogP contribution in [0.3, 0.4) is 0 Å². The summed E-state index contributed by atoms with van der Waals surface area (Å²) in [5, 5.41) is 3.10. The highest BCUT2D eigenvalue weighted by atomic mass is 16.2. The maximum absolute atomic E-state index is 12.3. The molecule has 0 saturated heterocycles. The van der Waals surface area contributed by atoms with Crippen LogP contribution in [0.15, 0.2) is 18.3 Å². The molecule has 1 heterocycles. The van der Waals surface area contributed by atoms with Crippen LogP contribution < -0.4 is 11.1 Å². The Bertz CT molecular complexity index is 372. The maximum Gasteiger partial charge on any atom is 0.268 e. The summed E-state index contributed by atoms with van der Waals surface area (Å²) >= 11 is 0. The number of rotatable bonds is 7. The van der Waals surface area contributed by atoms with Crippen molar-refractivity contribution in [2.75, 3.05) is 6.54 Å². The Morgan fingerprint density at radius 2 is 2.06 bits per heavy atom. The first-order valence-electron chi connectivity index (χ1n) is 6.80. The summed E-state index contributed by atoms with van der Waals surface area (Å²) in [5.74, 6) is -0.0254. The van der Waals surface area contributed by atoms with E-state index in [1.807, 2.05) is 22.9 Å². The van der Waals surface area contributed by atoms with Crippen LogP contribution in [-0.2, 0) is 6.54 Å². The standard InChI is InChI=1S/C14H25N3O/c1-4-9-17-10-7-8-12(17)13(18)16-14(5-2,6-3)11-15/h7-8,10H,4-6,9,11,15H2,1-3H3,(H,16,18). The van der Waals surface area contributed by atoms with Gasteiger partial charge in [0.05, 0.1) is 5.54 Å². The van der Waals surface area contributed by atoms with Gasteiger partial charge in [-0.05, 0) is 31.4 Å². The Labute approximate surface area is 110 Å². The molecule has 0 aromatic carbocycles. The van der Waals surface area contributed by atoms with Gasteiger partial charge in [0.1, 0.15) is 5.69 Å². The molecule has 0 saturated carbocycles. The van der Waals surface area contributed by atoms with Crippen molar-refractivity contribution < 1.29 is 4.79 Å². The summed E-state index contributed by atoms with van der Waals surface area (Å²) in [7, 11) is 0. The molecule has 1 aromatic rings. The van der Waals surface area contributed by atoms with Gasteiger partial charge in [-0.15, -0.1) is 0 Å². The van der Waals surface area contributed by atoms with Gasteiger partial charge in [0.15, 0.2) is 0 Å². The van der Waals surface area contributed by atoms with Gasteiger partial charge in [0, 0.05) is 19.3 Å². The summed E-state index contributed by atoms with van der Waals surface area (Å²) < 4.78 is 1.99. The number of aromatic nitrogens is 1. The third-order valence-electron chi connectivity index (χ3n) is 3.65. The van der Waals surface area contributed by atoms with E-state index < -0.39 is 0 Å². The zero-order valence-corrected chi connectivity index (χ0v) is 11.7. The number of nitrogens with one attached hydrogen (secondary N) is 1. The van der Waals surface area contributed by atoms with Gasteiger partial charge in [0.2, 0.25) is 0 Å². The van der Waals surface area contributed by atoms with Crippen molar-refractivity contribution in [2.24, 2.45) is 5.73 Å². The van der Waals surface area contributed by atoms with Crippen molar-refractivity contribution in [1.29, 1.82) is 0 Å². The summed E-state index contributed by atoms with van der Waals surface area (Å²) in [4.78, 5) is 12.3. The van der Waals surface area contributed by atoms with Crippen LogP contribution in [-0.4, -0.2) is 22.6 Å². The van der Waals surface area contributed by atoms with E-state index in [2.05, 4.69) is 26.1 Å². The average molecular weight is 251 g/mol. The lowest BCUT2D eigenvalue weighted by Crippen LogP contribution is -2.53. The van der Waals surface area contributed by atoms with Gasteiger partial charge >= 0.3 is 0 Å². The van der Waals surface area contributed by atoms with E-state index in [0.717, 1.165) is 31.5 Å². The predicted octanol–water partition coefficient (Wildman–Crippen LogP) is 2.15. The summed E-state index contributed by atoms with van der Waals surface area (Å²) in [6, 6.07) is 3.77. The van der Waals surface area contributed by atoms with Crippen molar-refractivity contribution in [3.05, 3.63) is 24.0 Å². The third-order valence-corrected chi connectivity index (χ3v) is 3.65. The highest BCUT2D eigenvalue weighted by molar-refractivity contribution is 5.93. The molecule has 0 aliphatic heterocycles. The first-order chi connectivity index (χ1) is 8.62. The van der Waals surface area contributed by atoms with Crippen molar-refractivity contribution in [1.82, 2.24) is 9.88 Å². The minimum absolute atomic E-state index is 0.0254. The highest BCUT2D eigenvalue weighted by Gasteiger charge is 2.27. The molecule has 0 spiro atoms. The number of hydrogen-bond donors (Lipinski definition) is 2. The first-order valence-corrected chi connectivity index (χ1v) is 6.80. The largest absolute Gasteiger partial charge is 0.344 e. The number of carbonyl (C=O) groups is 1. The fourth-order valence-corrected chi connectivity index (χ4v) is 2.13. The molecule has 0 atom stereocenters. The molecule has 0 aliphatic rings. The third kappa shape index (κ3) is 3.13. The van der Waals surface area contributed by atoms with Crippen LogP contribution in [0.25, 0.3) is 0 Å². The van der Waals surface area contributed by atoms with Gasteiger partial charge in [-0.2, -0.15) is 0 Å². The minimum Gasteiger partial charge on any atom is -0.344 e. The monoisotopic (exact) mass is 251 g/mol. The number of amides is 1. The molecule has 0 fully saturated rings. The topological polar surface area (TPSA) is 60.0 Å². The molecule has 18 heavy (non-hydrogen) atoms. The van der Waals surface area contributed by atoms with Crippen molar-refractivity contribution >= 4 is 5.91 Å². The summed E-state index contributed by atoms with van der Waals surface area (Å²) in [5.41, 5.74) is 6.25. The number of aryl methyl sites for hydroxylation is 1. The van der Waals surface area contributed by atoms with E-state index in [4.69, 9.17) is 5.73 Å². The minimum atomic E-state index is -0.279. The second-order valence-electron chi connectivity index (χ2n) is 4.73. The Balaban J connectivity index is 2.84. The average Bonchev–Trinajstić information content (AvgIpc) is 2.85. The van der Waals surface area contributed by atoms with E-state index in [9.17, 15) is 4.79 Å². The second-order valence-corrected chi connectivity index (χ2v) is 4.73. The summed E-state index contributed by atoms with van der Waals surface area (Å²) in [6.07, 6.45) is 4.65. The van der Waals surface area contributed by atoms with Crippen molar-refractivity contribution in [3.8, 4) is 0 Å². The van der Waals surface area contributed by atoms with Crippen molar-refractivity contribution in [2.45, 2.75) is 52.1 Å². The summed E-state index contributed by atoms with van der Waals surface area (Å²) in [6.45, 7) is 7.55. The lowest BCUT2D eigenvalue weighted by Gasteiger charge is -2.31. The normalized spacial score (nSPS) is 11.6. The van der Waals surface area contributed by atoms with Gasteiger partial charge in [-0.3, -0.25) is 4.79 Å². The number of nitrogens with zero attached hydrogens (tertiary/aromatic N) is 1. The van der Waals surface area contributed by atoms with Crippen LogP contribution >= 0.6 is 0 Å². The lowest BCUT2D eigenvalue weighted by atomic mass is 9.93. The van der Waals surface area contributed by atoms with Crippen LogP contribution in [0.4, 0.5) is 0 Å². The first kappa shape index (κ1) is 14.8. The van der Waals surface area contributed by atoms with Gasteiger partial charge < -0.3 is 15.6 Å². The highest BCUT2D eigenvalue weighted by Crippen LogP contribution is 2.15. The van der Waals surface area contributed by atoms with Gasteiger partial charge in [-0.1, -0.05) is 20.8 Å². The number of hydrogen-bond acceptors (Lipinski definition) is 2. The maximum atomic E-state index is 12.3. The fraction of sp³-hybridized carbons (Fsp3) is 0.643. The van der Waals surface area contributed by atoms with Gasteiger partial charge in [0.25, 0.3) is 5.91 Å². The Hall–Kier alpha value is -1.29. The Morgan fingerprint density at radius 3 is 2.56 bits per heavy atom. The fourth-order valence-electron chi connectivity index (χ4n) is 2.13. The SMILES string of the molecule is CCCn1cccc1C(=O)NC(CC)(CC)CN. The molecule has 0 radical (unpaired) electrons. The molecule has 0 aliphatic carbocycles. The van der Waals surface area contributed by atoms with E-state index in [1.54, 1.807) is 0 Å². The van der Waals surface area contributed by atoms with Crippen LogP contribution in [0.5, 0.6) is 0 Å².